The van der Waals surface area contributed by atoms with Gasteiger partial charge < -0.3 is 10.3 Å². The van der Waals surface area contributed by atoms with Gasteiger partial charge in [-0.05, 0) is 43.9 Å². The van der Waals surface area contributed by atoms with Crippen molar-refractivity contribution in [2.75, 3.05) is 6.54 Å². The van der Waals surface area contributed by atoms with Crippen molar-refractivity contribution in [3.05, 3.63) is 29.0 Å². The molecule has 4 heteroatoms. The minimum atomic E-state index is 0.0757. The molecule has 2 aliphatic rings. The van der Waals surface area contributed by atoms with Crippen LogP contribution in [0, 0.1) is 0 Å². The van der Waals surface area contributed by atoms with E-state index in [0.717, 1.165) is 10.5 Å². The van der Waals surface area contributed by atoms with E-state index in [4.69, 9.17) is 22.3 Å². The molecule has 1 aromatic heterocycles. The third-order valence-electron chi connectivity index (χ3n) is 5.24. The Morgan fingerprint density at radius 2 is 2.00 bits per heavy atom. The highest BCUT2D eigenvalue weighted by Crippen LogP contribution is 2.45. The van der Waals surface area contributed by atoms with Gasteiger partial charge in [-0.25, -0.2) is 4.98 Å². The molecule has 0 aliphatic heterocycles. The number of hydrogen-bond acceptors (Lipinski definition) is 2. The van der Waals surface area contributed by atoms with Crippen LogP contribution in [-0.2, 0) is 5.41 Å². The molecule has 1 aromatic carbocycles. The first kappa shape index (κ1) is 13.6. The predicted octanol–water partition coefficient (Wildman–Crippen LogP) is 4.19. The number of nitrogens with two attached hydrogens (primary N) is 1. The van der Waals surface area contributed by atoms with Gasteiger partial charge in [0.15, 0.2) is 0 Å². The summed E-state index contributed by atoms with van der Waals surface area (Å²) in [5, 5.41) is 0.793. The number of nitrogens with zero attached hydrogens (tertiary/aromatic N) is 2. The van der Waals surface area contributed by atoms with E-state index in [0.29, 0.717) is 12.6 Å². The van der Waals surface area contributed by atoms with Crippen LogP contribution in [0.2, 0.25) is 5.02 Å². The largest absolute Gasteiger partial charge is 0.329 e. The van der Waals surface area contributed by atoms with E-state index in [9.17, 15) is 0 Å². The smallest absolute Gasteiger partial charge is 0.117 e. The molecule has 3 nitrogen and oxygen atoms in total. The molecule has 0 bridgehead atoms. The van der Waals surface area contributed by atoms with Gasteiger partial charge in [0, 0.05) is 23.0 Å². The van der Waals surface area contributed by atoms with Crippen LogP contribution in [0.4, 0.5) is 0 Å². The molecule has 0 saturated heterocycles. The SMILES string of the molecule is NCC1(c2nc3ccc(Cl)cc3n2C2CC2)CCCCC1. The Labute approximate surface area is 130 Å². The fourth-order valence-corrected chi connectivity index (χ4v) is 4.06. The molecule has 2 saturated carbocycles. The lowest BCUT2D eigenvalue weighted by Crippen LogP contribution is -2.39. The lowest BCUT2D eigenvalue weighted by molar-refractivity contribution is 0.278. The highest BCUT2D eigenvalue weighted by Gasteiger charge is 2.40. The van der Waals surface area contributed by atoms with Crippen molar-refractivity contribution in [1.29, 1.82) is 0 Å². The monoisotopic (exact) mass is 303 g/mol. The second-order valence-electron chi connectivity index (χ2n) is 6.71. The molecular weight excluding hydrogens is 282 g/mol. The van der Waals surface area contributed by atoms with Crippen LogP contribution in [0.1, 0.15) is 56.8 Å². The van der Waals surface area contributed by atoms with Crippen LogP contribution in [0.5, 0.6) is 0 Å². The Balaban J connectivity index is 1.92. The lowest BCUT2D eigenvalue weighted by Gasteiger charge is -2.36. The van der Waals surface area contributed by atoms with Crippen molar-refractivity contribution >= 4 is 22.6 Å². The molecule has 0 amide bonds. The van der Waals surface area contributed by atoms with Crippen molar-refractivity contribution < 1.29 is 0 Å². The van der Waals surface area contributed by atoms with Crippen molar-refractivity contribution in [3.63, 3.8) is 0 Å². The van der Waals surface area contributed by atoms with Crippen LogP contribution in [0.25, 0.3) is 11.0 Å². The van der Waals surface area contributed by atoms with Crippen molar-refractivity contribution in [2.24, 2.45) is 5.73 Å². The Morgan fingerprint density at radius 3 is 2.67 bits per heavy atom. The fraction of sp³-hybridized carbons (Fsp3) is 0.588. The maximum absolute atomic E-state index is 6.23. The highest BCUT2D eigenvalue weighted by molar-refractivity contribution is 6.31. The maximum Gasteiger partial charge on any atom is 0.117 e. The first-order valence-electron chi connectivity index (χ1n) is 8.12. The summed E-state index contributed by atoms with van der Waals surface area (Å²) in [6, 6.07) is 6.66. The molecule has 0 unspecified atom stereocenters. The number of hydrogen-bond donors (Lipinski definition) is 1. The molecule has 0 atom stereocenters. The Hall–Kier alpha value is -1.06. The molecular formula is C17H22ClN3. The Morgan fingerprint density at radius 1 is 1.24 bits per heavy atom. The minimum absolute atomic E-state index is 0.0757. The summed E-state index contributed by atoms with van der Waals surface area (Å²) in [6.07, 6.45) is 8.73. The second-order valence-corrected chi connectivity index (χ2v) is 7.15. The van der Waals surface area contributed by atoms with Crippen LogP contribution >= 0.6 is 11.6 Å². The van der Waals surface area contributed by atoms with Gasteiger partial charge in [0.25, 0.3) is 0 Å². The average Bonchev–Trinajstić information content (AvgIpc) is 3.28. The van der Waals surface area contributed by atoms with Crippen LogP contribution in [0.3, 0.4) is 0 Å². The molecule has 2 aromatic rings. The van der Waals surface area contributed by atoms with Crippen LogP contribution in [0.15, 0.2) is 18.2 Å². The van der Waals surface area contributed by atoms with Crippen molar-refractivity contribution in [3.8, 4) is 0 Å². The summed E-state index contributed by atoms with van der Waals surface area (Å²) in [7, 11) is 0. The zero-order valence-corrected chi connectivity index (χ0v) is 13.1. The molecule has 0 radical (unpaired) electrons. The van der Waals surface area contributed by atoms with Gasteiger partial charge in [-0.2, -0.15) is 0 Å². The van der Waals surface area contributed by atoms with Gasteiger partial charge in [0.2, 0.25) is 0 Å². The first-order valence-corrected chi connectivity index (χ1v) is 8.49. The normalized spacial score (nSPS) is 21.8. The molecule has 0 spiro atoms. The minimum Gasteiger partial charge on any atom is -0.329 e. The van der Waals surface area contributed by atoms with Crippen molar-refractivity contribution in [1.82, 2.24) is 9.55 Å². The molecule has 2 N–H and O–H groups in total. The quantitative estimate of drug-likeness (QED) is 0.924. The molecule has 1 heterocycles. The lowest BCUT2D eigenvalue weighted by atomic mass is 9.73. The molecule has 4 rings (SSSR count). The number of imidazole rings is 1. The topological polar surface area (TPSA) is 43.8 Å². The average molecular weight is 304 g/mol. The van der Waals surface area contributed by atoms with E-state index in [2.05, 4.69) is 10.6 Å². The van der Waals surface area contributed by atoms with Gasteiger partial charge in [0.05, 0.1) is 11.0 Å². The number of rotatable bonds is 3. The zero-order valence-electron chi connectivity index (χ0n) is 12.3. The Kier molecular flexibility index (Phi) is 3.23. The molecule has 112 valence electrons. The van der Waals surface area contributed by atoms with E-state index in [-0.39, 0.29) is 5.41 Å². The molecule has 2 fully saturated rings. The van der Waals surface area contributed by atoms with E-state index in [1.807, 2.05) is 12.1 Å². The van der Waals surface area contributed by atoms with Crippen LogP contribution < -0.4 is 5.73 Å². The summed E-state index contributed by atoms with van der Waals surface area (Å²) in [5.74, 6) is 1.23. The second kappa shape index (κ2) is 4.99. The van der Waals surface area contributed by atoms with Gasteiger partial charge in [-0.15, -0.1) is 0 Å². The van der Waals surface area contributed by atoms with E-state index in [1.165, 1.54) is 56.3 Å². The standard InChI is InChI=1S/C17H22ClN3/c18-12-4-7-14-15(10-12)21(13-5-6-13)16(20-14)17(11-19)8-2-1-3-9-17/h4,7,10,13H,1-3,5-6,8-9,11,19H2. The third kappa shape index (κ3) is 2.18. The fourth-order valence-electron chi connectivity index (χ4n) is 3.89. The summed E-state index contributed by atoms with van der Waals surface area (Å²) in [6.45, 7) is 0.705. The maximum atomic E-state index is 6.23. The van der Waals surface area contributed by atoms with Gasteiger partial charge in [-0.1, -0.05) is 30.9 Å². The van der Waals surface area contributed by atoms with Gasteiger partial charge in [0.1, 0.15) is 5.82 Å². The van der Waals surface area contributed by atoms with E-state index in [1.54, 1.807) is 0 Å². The Bertz CT molecular complexity index is 666. The first-order chi connectivity index (χ1) is 10.2. The van der Waals surface area contributed by atoms with Gasteiger partial charge in [-0.3, -0.25) is 0 Å². The number of benzene rings is 1. The number of fused-ring (bicyclic) bond motifs is 1. The third-order valence-corrected chi connectivity index (χ3v) is 5.47. The zero-order chi connectivity index (χ0) is 14.4. The predicted molar refractivity (Wildman–Crippen MR) is 86.8 cm³/mol. The van der Waals surface area contributed by atoms with Crippen molar-refractivity contribution in [2.45, 2.75) is 56.4 Å². The van der Waals surface area contributed by atoms with E-state index >= 15 is 0 Å². The number of halogens is 1. The van der Waals surface area contributed by atoms with Gasteiger partial charge >= 0.3 is 0 Å². The summed E-state index contributed by atoms with van der Waals surface area (Å²) in [5.41, 5.74) is 8.57. The number of aromatic nitrogens is 2. The summed E-state index contributed by atoms with van der Waals surface area (Å²) < 4.78 is 2.46. The molecule has 21 heavy (non-hydrogen) atoms. The summed E-state index contributed by atoms with van der Waals surface area (Å²) in [4.78, 5) is 5.01. The molecule has 2 aliphatic carbocycles. The van der Waals surface area contributed by atoms with Crippen LogP contribution in [-0.4, -0.2) is 16.1 Å². The highest BCUT2D eigenvalue weighted by atomic mass is 35.5. The summed E-state index contributed by atoms with van der Waals surface area (Å²) >= 11 is 6.21. The van der Waals surface area contributed by atoms with E-state index < -0.39 is 0 Å².